The van der Waals surface area contributed by atoms with Crippen LogP contribution in [-0.2, 0) is 6.61 Å². The number of nitrogens with one attached hydrogen (secondary N) is 2. The lowest BCUT2D eigenvalue weighted by molar-refractivity contribution is 0.298. The molecule has 0 unspecified atom stereocenters. The quantitative estimate of drug-likeness (QED) is 0.741. The Morgan fingerprint density at radius 3 is 2.81 bits per heavy atom. The van der Waals surface area contributed by atoms with Gasteiger partial charge in [-0.05, 0) is 24.6 Å². The number of H-pyrrole nitrogens is 1. The molecule has 0 aliphatic heterocycles. The van der Waals surface area contributed by atoms with E-state index < -0.39 is 0 Å². The van der Waals surface area contributed by atoms with E-state index in [0.717, 1.165) is 22.0 Å². The summed E-state index contributed by atoms with van der Waals surface area (Å²) < 4.78 is 6.87. The number of hydrogen-bond donors (Lipinski definition) is 2. The number of hydrogen-bond acceptors (Lipinski definition) is 5. The topological polar surface area (TPSA) is 75.7 Å². The molecule has 2 aromatic heterocycles. The second-order valence-electron chi connectivity index (χ2n) is 4.43. The van der Waals surface area contributed by atoms with Crippen LogP contribution in [-0.4, -0.2) is 26.7 Å². The Bertz CT molecular complexity index is 741. The van der Waals surface area contributed by atoms with E-state index >= 15 is 0 Å². The fourth-order valence-electron chi connectivity index (χ4n) is 1.89. The van der Waals surface area contributed by atoms with E-state index in [1.807, 2.05) is 31.2 Å². The highest BCUT2D eigenvalue weighted by molar-refractivity contribution is 9.10. The zero-order chi connectivity index (χ0) is 14.7. The lowest BCUT2D eigenvalue weighted by atomic mass is 10.2. The molecule has 0 atom stereocenters. The Hall–Kier alpha value is -2.15. The van der Waals surface area contributed by atoms with Crippen molar-refractivity contribution in [1.29, 1.82) is 0 Å². The number of anilines is 1. The van der Waals surface area contributed by atoms with E-state index in [1.165, 1.54) is 0 Å². The summed E-state index contributed by atoms with van der Waals surface area (Å²) in [4.78, 5) is 8.71. The summed E-state index contributed by atoms with van der Waals surface area (Å²) in [7, 11) is 0. The summed E-state index contributed by atoms with van der Waals surface area (Å²) in [5.74, 6) is 1.05. The Balaban J connectivity index is 1.84. The normalized spacial score (nSPS) is 10.8. The summed E-state index contributed by atoms with van der Waals surface area (Å²) >= 11 is 3.41. The van der Waals surface area contributed by atoms with Gasteiger partial charge in [0.15, 0.2) is 5.65 Å². The summed E-state index contributed by atoms with van der Waals surface area (Å²) in [6.45, 7) is 3.17. The maximum Gasteiger partial charge on any atom is 0.229 e. The summed E-state index contributed by atoms with van der Waals surface area (Å²) in [6.07, 6.45) is 1.67. The fourth-order valence-corrected chi connectivity index (χ4v) is 2.15. The zero-order valence-corrected chi connectivity index (χ0v) is 13.0. The molecule has 3 aromatic rings. The molecule has 0 spiro atoms. The Kier molecular flexibility index (Phi) is 4.01. The van der Waals surface area contributed by atoms with Crippen molar-refractivity contribution in [2.45, 2.75) is 13.5 Å². The van der Waals surface area contributed by atoms with Crippen molar-refractivity contribution < 1.29 is 4.74 Å². The van der Waals surface area contributed by atoms with Crippen molar-refractivity contribution in [2.75, 3.05) is 11.9 Å². The molecule has 21 heavy (non-hydrogen) atoms. The first-order valence-electron chi connectivity index (χ1n) is 6.58. The van der Waals surface area contributed by atoms with Crippen molar-refractivity contribution in [2.24, 2.45) is 0 Å². The van der Waals surface area contributed by atoms with Gasteiger partial charge in [0.25, 0.3) is 0 Å². The molecule has 1 aromatic carbocycles. The number of benzene rings is 1. The van der Waals surface area contributed by atoms with Gasteiger partial charge >= 0.3 is 0 Å². The van der Waals surface area contributed by atoms with Crippen LogP contribution in [0.3, 0.4) is 0 Å². The molecule has 0 saturated heterocycles. The van der Waals surface area contributed by atoms with Crippen LogP contribution < -0.4 is 10.1 Å². The highest BCUT2D eigenvalue weighted by Crippen LogP contribution is 2.23. The molecule has 0 saturated carbocycles. The highest BCUT2D eigenvalue weighted by Gasteiger charge is 2.10. The number of ether oxygens (including phenoxy) is 1. The molecular formula is C14H14BrN5O. The number of nitrogens with zero attached hydrogens (tertiary/aromatic N) is 3. The van der Waals surface area contributed by atoms with Gasteiger partial charge in [-0.15, -0.1) is 0 Å². The van der Waals surface area contributed by atoms with Gasteiger partial charge in [0, 0.05) is 11.0 Å². The van der Waals surface area contributed by atoms with Gasteiger partial charge in [0.1, 0.15) is 12.0 Å². The summed E-state index contributed by atoms with van der Waals surface area (Å²) in [5, 5.41) is 10.7. The lowest BCUT2D eigenvalue weighted by Gasteiger charge is -2.08. The molecule has 0 aliphatic carbocycles. The molecule has 7 heteroatoms. The largest absolute Gasteiger partial charge is 0.472 e. The summed E-state index contributed by atoms with van der Waals surface area (Å²) in [5.41, 5.74) is 1.73. The average molecular weight is 348 g/mol. The van der Waals surface area contributed by atoms with E-state index in [2.05, 4.69) is 41.4 Å². The lowest BCUT2D eigenvalue weighted by Crippen LogP contribution is -2.05. The maximum absolute atomic E-state index is 5.82. The fraction of sp³-hybridized carbons (Fsp3) is 0.214. The number of aromatic amines is 1. The monoisotopic (exact) mass is 347 g/mol. The minimum Gasteiger partial charge on any atom is -0.472 e. The van der Waals surface area contributed by atoms with Crippen LogP contribution in [0.15, 0.2) is 34.9 Å². The number of rotatable bonds is 5. The van der Waals surface area contributed by atoms with Gasteiger partial charge in [-0.2, -0.15) is 15.1 Å². The molecule has 6 nitrogen and oxygen atoms in total. The Labute approximate surface area is 130 Å². The van der Waals surface area contributed by atoms with Crippen LogP contribution in [0.25, 0.3) is 11.0 Å². The molecule has 3 rings (SSSR count). The molecule has 108 valence electrons. The van der Waals surface area contributed by atoms with Crippen molar-refractivity contribution in [3.63, 3.8) is 0 Å². The Morgan fingerprint density at radius 2 is 2.05 bits per heavy atom. The standard InChI is InChI=1S/C14H14BrN5O/c1-2-16-14-18-12-11(7-17-20-12)13(19-14)21-8-9-3-5-10(15)6-4-9/h3-7H,2,8H2,1H3,(H2,16,17,18,19,20). The molecule has 2 heterocycles. The van der Waals surface area contributed by atoms with E-state index in [0.29, 0.717) is 24.1 Å². The van der Waals surface area contributed by atoms with Crippen LogP contribution in [0, 0.1) is 0 Å². The molecule has 2 N–H and O–H groups in total. The van der Waals surface area contributed by atoms with Crippen LogP contribution in [0.2, 0.25) is 0 Å². The predicted molar refractivity (Wildman–Crippen MR) is 84.3 cm³/mol. The van der Waals surface area contributed by atoms with Gasteiger partial charge < -0.3 is 10.1 Å². The molecular weight excluding hydrogens is 334 g/mol. The summed E-state index contributed by atoms with van der Waals surface area (Å²) in [6, 6.07) is 7.97. The van der Waals surface area contributed by atoms with Crippen LogP contribution >= 0.6 is 15.9 Å². The second-order valence-corrected chi connectivity index (χ2v) is 5.35. The van der Waals surface area contributed by atoms with Crippen LogP contribution in [0.1, 0.15) is 12.5 Å². The first-order valence-corrected chi connectivity index (χ1v) is 7.38. The molecule has 0 radical (unpaired) electrons. The van der Waals surface area contributed by atoms with E-state index in [9.17, 15) is 0 Å². The SMILES string of the molecule is CCNc1nc(OCc2ccc(Br)cc2)c2cn[nH]c2n1. The molecule has 0 bridgehead atoms. The second kappa shape index (κ2) is 6.09. The van der Waals surface area contributed by atoms with Gasteiger partial charge in [0.2, 0.25) is 11.8 Å². The number of halogens is 1. The maximum atomic E-state index is 5.82. The first-order chi connectivity index (χ1) is 10.3. The van der Waals surface area contributed by atoms with Crippen molar-refractivity contribution >= 4 is 32.9 Å². The van der Waals surface area contributed by atoms with Crippen molar-refractivity contribution in [3.05, 3.63) is 40.5 Å². The highest BCUT2D eigenvalue weighted by atomic mass is 79.9. The third kappa shape index (κ3) is 3.13. The van der Waals surface area contributed by atoms with Crippen LogP contribution in [0.5, 0.6) is 5.88 Å². The minimum absolute atomic E-state index is 0.441. The van der Waals surface area contributed by atoms with E-state index in [4.69, 9.17) is 4.74 Å². The van der Waals surface area contributed by atoms with Crippen molar-refractivity contribution in [3.8, 4) is 5.88 Å². The number of fused-ring (bicyclic) bond motifs is 1. The van der Waals surface area contributed by atoms with Gasteiger partial charge in [-0.3, -0.25) is 5.10 Å². The third-order valence-electron chi connectivity index (χ3n) is 2.90. The molecule has 0 aliphatic rings. The minimum atomic E-state index is 0.441. The third-order valence-corrected chi connectivity index (χ3v) is 3.43. The zero-order valence-electron chi connectivity index (χ0n) is 11.4. The van der Waals surface area contributed by atoms with Gasteiger partial charge in [0.05, 0.1) is 6.20 Å². The van der Waals surface area contributed by atoms with E-state index in [1.54, 1.807) is 6.20 Å². The van der Waals surface area contributed by atoms with Gasteiger partial charge in [-0.25, -0.2) is 0 Å². The van der Waals surface area contributed by atoms with Crippen molar-refractivity contribution in [1.82, 2.24) is 20.2 Å². The van der Waals surface area contributed by atoms with Gasteiger partial charge in [-0.1, -0.05) is 28.1 Å². The molecule has 0 fully saturated rings. The smallest absolute Gasteiger partial charge is 0.229 e. The molecule has 0 amide bonds. The van der Waals surface area contributed by atoms with E-state index in [-0.39, 0.29) is 0 Å². The Morgan fingerprint density at radius 1 is 1.24 bits per heavy atom. The van der Waals surface area contributed by atoms with Crippen LogP contribution in [0.4, 0.5) is 5.95 Å². The average Bonchev–Trinajstić information content (AvgIpc) is 2.95. The predicted octanol–water partition coefficient (Wildman–Crippen LogP) is 3.13. The first kappa shape index (κ1) is 13.8. The number of aromatic nitrogens is 4.